The van der Waals surface area contributed by atoms with Gasteiger partial charge in [0.2, 0.25) is 0 Å². The van der Waals surface area contributed by atoms with Crippen LogP contribution in [-0.2, 0) is 0 Å². The molecule has 9 heteroatoms. The molecule has 2 aliphatic rings. The molecule has 0 saturated heterocycles. The zero-order chi connectivity index (χ0) is 22.5. The minimum atomic E-state index is -0.341. The van der Waals surface area contributed by atoms with Gasteiger partial charge in [0, 0.05) is 42.0 Å². The number of hydrogen-bond donors (Lipinski definition) is 1. The quantitative estimate of drug-likeness (QED) is 0.506. The Morgan fingerprint density at radius 1 is 1.12 bits per heavy atom. The second-order valence-electron chi connectivity index (χ2n) is 8.92. The molecule has 2 fully saturated rings. The summed E-state index contributed by atoms with van der Waals surface area (Å²) in [6, 6.07) is 7.72. The molecular weight excluding hydrogens is 416 g/mol. The number of aromatic amines is 1. The van der Waals surface area contributed by atoms with Crippen molar-refractivity contribution in [1.29, 1.82) is 5.26 Å². The number of pyridine rings is 1. The largest absolute Gasteiger partial charge is 0.310 e. The Hall–Kier alpha value is -3.93. The van der Waals surface area contributed by atoms with E-state index >= 15 is 0 Å². The predicted octanol–water partition coefficient (Wildman–Crippen LogP) is 3.32. The monoisotopic (exact) mass is 438 g/mol. The molecule has 0 amide bonds. The summed E-state index contributed by atoms with van der Waals surface area (Å²) in [7, 11) is 0. The van der Waals surface area contributed by atoms with Gasteiger partial charge in [-0.05, 0) is 50.3 Å². The van der Waals surface area contributed by atoms with Crippen LogP contribution in [0.4, 0.5) is 0 Å². The van der Waals surface area contributed by atoms with Gasteiger partial charge in [0.05, 0.1) is 6.04 Å². The van der Waals surface area contributed by atoms with Gasteiger partial charge in [0.25, 0.3) is 5.56 Å². The Balaban J connectivity index is 1.41. The molecular formula is C24H22N8O. The fourth-order valence-corrected chi connectivity index (χ4v) is 4.65. The van der Waals surface area contributed by atoms with E-state index in [1.54, 1.807) is 23.1 Å². The van der Waals surface area contributed by atoms with Crippen molar-refractivity contribution in [2.75, 3.05) is 0 Å². The van der Waals surface area contributed by atoms with Crippen LogP contribution >= 0.6 is 0 Å². The van der Waals surface area contributed by atoms with Crippen LogP contribution in [0.25, 0.3) is 11.0 Å². The average molecular weight is 438 g/mol. The van der Waals surface area contributed by atoms with Gasteiger partial charge in [-0.25, -0.2) is 19.6 Å². The summed E-state index contributed by atoms with van der Waals surface area (Å²) in [5.74, 6) is 2.06. The Kier molecular flexibility index (Phi) is 4.54. The zero-order valence-corrected chi connectivity index (χ0v) is 18.1. The molecule has 0 unspecified atom stereocenters. The number of nitriles is 1. The second-order valence-corrected chi connectivity index (χ2v) is 8.92. The Labute approximate surface area is 189 Å². The topological polar surface area (TPSA) is 126 Å². The first-order valence-electron chi connectivity index (χ1n) is 11.3. The molecule has 4 aromatic heterocycles. The van der Waals surface area contributed by atoms with Gasteiger partial charge in [-0.15, -0.1) is 0 Å². The van der Waals surface area contributed by atoms with E-state index in [2.05, 4.69) is 37.2 Å². The van der Waals surface area contributed by atoms with Gasteiger partial charge >= 0.3 is 0 Å². The van der Waals surface area contributed by atoms with E-state index in [9.17, 15) is 10.1 Å². The number of nitrogens with zero attached hydrogens (tertiary/aromatic N) is 7. The van der Waals surface area contributed by atoms with Crippen LogP contribution in [-0.4, -0.2) is 34.7 Å². The van der Waals surface area contributed by atoms with Gasteiger partial charge in [-0.2, -0.15) is 10.4 Å². The Morgan fingerprint density at radius 3 is 2.55 bits per heavy atom. The molecule has 3 atom stereocenters. The summed E-state index contributed by atoms with van der Waals surface area (Å²) >= 11 is 0. The number of rotatable bonds is 5. The van der Waals surface area contributed by atoms with Gasteiger partial charge in [0.15, 0.2) is 11.3 Å². The van der Waals surface area contributed by atoms with Crippen molar-refractivity contribution in [3.8, 4) is 6.07 Å². The maximum atomic E-state index is 13.0. The summed E-state index contributed by atoms with van der Waals surface area (Å²) in [6.45, 7) is 1.98. The summed E-state index contributed by atoms with van der Waals surface area (Å²) < 4.78 is 1.67. The average Bonchev–Trinajstić information content (AvgIpc) is 3.59. The maximum absolute atomic E-state index is 13.0. The molecule has 4 heterocycles. The molecule has 0 bridgehead atoms. The molecule has 9 nitrogen and oxygen atoms in total. The molecule has 0 spiro atoms. The molecule has 164 valence electrons. The van der Waals surface area contributed by atoms with Crippen LogP contribution in [0.3, 0.4) is 0 Å². The molecule has 2 saturated carbocycles. The maximum Gasteiger partial charge on any atom is 0.263 e. The molecule has 1 N–H and O–H groups in total. The highest BCUT2D eigenvalue weighted by Crippen LogP contribution is 2.46. The van der Waals surface area contributed by atoms with Crippen LogP contribution in [0.1, 0.15) is 85.0 Å². The normalized spacial score (nSPS) is 20.8. The number of aromatic nitrogens is 7. The van der Waals surface area contributed by atoms with E-state index in [-0.39, 0.29) is 34.5 Å². The highest BCUT2D eigenvalue weighted by atomic mass is 16.1. The zero-order valence-electron chi connectivity index (χ0n) is 18.1. The third-order valence-electron chi connectivity index (χ3n) is 6.88. The molecule has 0 aromatic carbocycles. The predicted molar refractivity (Wildman–Crippen MR) is 120 cm³/mol. The number of H-pyrrole nitrogens is 1. The van der Waals surface area contributed by atoms with E-state index in [1.807, 2.05) is 19.2 Å². The third kappa shape index (κ3) is 3.30. The van der Waals surface area contributed by atoms with Gasteiger partial charge in [-0.1, -0.05) is 6.07 Å². The van der Waals surface area contributed by atoms with Crippen LogP contribution in [0.15, 0.2) is 41.6 Å². The van der Waals surface area contributed by atoms with Crippen LogP contribution in [0.2, 0.25) is 0 Å². The van der Waals surface area contributed by atoms with Crippen molar-refractivity contribution in [2.45, 2.75) is 56.4 Å². The van der Waals surface area contributed by atoms with Crippen molar-refractivity contribution in [3.63, 3.8) is 0 Å². The minimum absolute atomic E-state index is 0.0215. The summed E-state index contributed by atoms with van der Waals surface area (Å²) in [5, 5.41) is 14.3. The first-order valence-corrected chi connectivity index (χ1v) is 11.3. The summed E-state index contributed by atoms with van der Waals surface area (Å²) in [5.41, 5.74) is 2.23. The van der Waals surface area contributed by atoms with E-state index in [1.165, 1.54) is 12.8 Å². The van der Waals surface area contributed by atoms with E-state index in [0.717, 1.165) is 29.9 Å². The van der Waals surface area contributed by atoms with Crippen molar-refractivity contribution in [2.24, 2.45) is 0 Å². The first-order chi connectivity index (χ1) is 16.1. The van der Waals surface area contributed by atoms with Gasteiger partial charge in [-0.3, -0.25) is 9.78 Å². The van der Waals surface area contributed by atoms with Crippen molar-refractivity contribution in [3.05, 3.63) is 75.7 Å². The summed E-state index contributed by atoms with van der Waals surface area (Å²) in [6.07, 6.45) is 9.55. The number of hydrogen-bond acceptors (Lipinski definition) is 7. The van der Waals surface area contributed by atoms with Crippen molar-refractivity contribution < 1.29 is 0 Å². The fourth-order valence-electron chi connectivity index (χ4n) is 4.65. The lowest BCUT2D eigenvalue weighted by atomic mass is 9.72. The van der Waals surface area contributed by atoms with Gasteiger partial charge in [0.1, 0.15) is 23.1 Å². The van der Waals surface area contributed by atoms with E-state index in [4.69, 9.17) is 4.98 Å². The van der Waals surface area contributed by atoms with Crippen molar-refractivity contribution >= 4 is 11.0 Å². The van der Waals surface area contributed by atoms with Gasteiger partial charge < -0.3 is 4.98 Å². The molecule has 0 aliphatic heterocycles. The number of nitrogens with one attached hydrogen (secondary N) is 1. The molecule has 6 rings (SSSR count). The lowest BCUT2D eigenvalue weighted by molar-refractivity contribution is 0.319. The Morgan fingerprint density at radius 2 is 1.91 bits per heavy atom. The van der Waals surface area contributed by atoms with Crippen LogP contribution in [0, 0.1) is 11.3 Å². The highest BCUT2D eigenvalue weighted by Gasteiger charge is 2.38. The summed E-state index contributed by atoms with van der Waals surface area (Å²) in [4.78, 5) is 34.1. The first kappa shape index (κ1) is 19.7. The SMILES string of the molecule is C[C@H](c1ccc(C2CC2)nc1)n1nc(C#N)c2c(=O)[nH]c([C@@H]3CC[C@@H]3c3ncccn3)nc21. The molecule has 4 aromatic rings. The lowest BCUT2D eigenvalue weighted by Crippen LogP contribution is -2.28. The third-order valence-corrected chi connectivity index (χ3v) is 6.88. The lowest BCUT2D eigenvalue weighted by Gasteiger charge is -2.34. The number of fused-ring (bicyclic) bond motifs is 1. The van der Waals surface area contributed by atoms with E-state index in [0.29, 0.717) is 17.4 Å². The highest BCUT2D eigenvalue weighted by molar-refractivity contribution is 5.80. The van der Waals surface area contributed by atoms with Crippen LogP contribution in [0.5, 0.6) is 0 Å². The smallest absolute Gasteiger partial charge is 0.263 e. The van der Waals surface area contributed by atoms with Crippen molar-refractivity contribution in [1.82, 2.24) is 34.7 Å². The van der Waals surface area contributed by atoms with Crippen LogP contribution < -0.4 is 5.56 Å². The molecule has 0 radical (unpaired) electrons. The standard InChI is InChI=1S/C24H22N8O/c1-13(15-5-8-18(28-12-15)14-3-4-14)32-23-20(19(11-25)31-32)24(33)30-22(29-23)17-7-6-16(17)21-26-9-2-10-27-21/h2,5,8-10,12-14,16-17H,3-4,6-7H2,1H3,(H,29,30,33)/t13-,16+,17-/m1/s1. The molecule has 2 aliphatic carbocycles. The fraction of sp³-hybridized carbons (Fsp3) is 0.375. The molecule has 33 heavy (non-hydrogen) atoms. The second kappa shape index (κ2) is 7.59. The minimum Gasteiger partial charge on any atom is -0.310 e. The van der Waals surface area contributed by atoms with E-state index < -0.39 is 0 Å². The Bertz CT molecular complexity index is 1430.